The molecule has 0 saturated heterocycles. The molecule has 1 aromatic carbocycles. The Morgan fingerprint density at radius 2 is 2.17 bits per heavy atom. The Labute approximate surface area is 117 Å². The van der Waals surface area contributed by atoms with Crippen LogP contribution in [0.4, 0.5) is 0 Å². The first-order valence-corrected chi connectivity index (χ1v) is 7.04. The maximum absolute atomic E-state index is 11.9. The molecule has 0 aliphatic rings. The van der Waals surface area contributed by atoms with Crippen molar-refractivity contribution in [2.24, 2.45) is 0 Å². The van der Waals surface area contributed by atoms with Gasteiger partial charge in [-0.1, -0.05) is 35.7 Å². The highest BCUT2D eigenvalue weighted by atomic mass is 79.9. The van der Waals surface area contributed by atoms with Gasteiger partial charge in [-0.3, -0.25) is 4.79 Å². The fraction of sp³-hybridized carbons (Fsp3) is 0.500. The number of nitrogens with one attached hydrogen (secondary N) is 1. The first-order chi connectivity index (χ1) is 8.69. The van der Waals surface area contributed by atoms with Crippen LogP contribution in [0, 0.1) is 0 Å². The number of unbranched alkanes of at least 4 members (excludes halogenated alkanes) is 2. The maximum Gasteiger partial charge on any atom is 0.251 e. The zero-order chi connectivity index (χ0) is 13.4. The number of rotatable bonds is 7. The van der Waals surface area contributed by atoms with E-state index in [4.69, 9.17) is 4.74 Å². The van der Waals surface area contributed by atoms with Gasteiger partial charge < -0.3 is 10.1 Å². The lowest BCUT2D eigenvalue weighted by Crippen LogP contribution is -2.24. The standard InChI is InChI=1S/C14H20BrNO2/c1-3-4-5-8-16-14(17)11-6-7-13(15)12(9-11)10-18-2/h6-7,9H,3-5,8,10H2,1-2H3,(H,16,17). The molecule has 1 amide bonds. The number of methoxy groups -OCH3 is 1. The summed E-state index contributed by atoms with van der Waals surface area (Å²) in [5.41, 5.74) is 1.67. The smallest absolute Gasteiger partial charge is 0.251 e. The number of hydrogen-bond donors (Lipinski definition) is 1. The SMILES string of the molecule is CCCCCNC(=O)c1ccc(Br)c(COC)c1. The summed E-state index contributed by atoms with van der Waals surface area (Å²) in [5, 5.41) is 2.93. The average molecular weight is 314 g/mol. The number of carbonyl (C=O) groups is 1. The van der Waals surface area contributed by atoms with Crippen LogP contribution in [-0.4, -0.2) is 19.6 Å². The molecule has 3 nitrogen and oxygen atoms in total. The minimum atomic E-state index is -0.0176. The number of ether oxygens (including phenoxy) is 1. The van der Waals surface area contributed by atoms with E-state index in [1.165, 1.54) is 0 Å². The van der Waals surface area contributed by atoms with Crippen molar-refractivity contribution in [1.82, 2.24) is 5.32 Å². The van der Waals surface area contributed by atoms with Crippen LogP contribution in [0.5, 0.6) is 0 Å². The Morgan fingerprint density at radius 3 is 2.83 bits per heavy atom. The monoisotopic (exact) mass is 313 g/mol. The number of carbonyl (C=O) groups excluding carboxylic acids is 1. The van der Waals surface area contributed by atoms with Gasteiger partial charge in [0, 0.05) is 23.7 Å². The van der Waals surface area contributed by atoms with Gasteiger partial charge in [0.15, 0.2) is 0 Å². The zero-order valence-electron chi connectivity index (χ0n) is 11.0. The van der Waals surface area contributed by atoms with Gasteiger partial charge in [0.25, 0.3) is 5.91 Å². The Bertz CT molecular complexity index is 393. The molecule has 0 fully saturated rings. The van der Waals surface area contributed by atoms with Crippen LogP contribution in [0.2, 0.25) is 0 Å². The van der Waals surface area contributed by atoms with Crippen molar-refractivity contribution in [2.75, 3.05) is 13.7 Å². The van der Waals surface area contributed by atoms with E-state index in [1.807, 2.05) is 18.2 Å². The van der Waals surface area contributed by atoms with Crippen LogP contribution in [-0.2, 0) is 11.3 Å². The van der Waals surface area contributed by atoms with Gasteiger partial charge >= 0.3 is 0 Å². The summed E-state index contributed by atoms with van der Waals surface area (Å²) in [6, 6.07) is 5.57. The van der Waals surface area contributed by atoms with Crippen LogP contribution in [0.3, 0.4) is 0 Å². The van der Waals surface area contributed by atoms with E-state index in [0.29, 0.717) is 12.2 Å². The lowest BCUT2D eigenvalue weighted by atomic mass is 10.1. The predicted molar refractivity (Wildman–Crippen MR) is 76.7 cm³/mol. The van der Waals surface area contributed by atoms with Crippen LogP contribution >= 0.6 is 15.9 Å². The summed E-state index contributed by atoms with van der Waals surface area (Å²) in [6.45, 7) is 3.38. The Balaban J connectivity index is 2.59. The van der Waals surface area contributed by atoms with Crippen molar-refractivity contribution >= 4 is 21.8 Å². The van der Waals surface area contributed by atoms with Crippen LogP contribution in [0.15, 0.2) is 22.7 Å². The molecule has 0 aliphatic carbocycles. The van der Waals surface area contributed by atoms with Gasteiger partial charge in [-0.25, -0.2) is 0 Å². The molecule has 0 radical (unpaired) electrons. The van der Waals surface area contributed by atoms with Crippen LogP contribution in [0.25, 0.3) is 0 Å². The summed E-state index contributed by atoms with van der Waals surface area (Å²) >= 11 is 3.44. The first kappa shape index (κ1) is 15.2. The van der Waals surface area contributed by atoms with Crippen molar-refractivity contribution in [3.8, 4) is 0 Å². The van der Waals surface area contributed by atoms with Crippen LogP contribution in [0.1, 0.15) is 42.1 Å². The first-order valence-electron chi connectivity index (χ1n) is 6.24. The second-order valence-corrected chi connectivity index (χ2v) is 5.06. The van der Waals surface area contributed by atoms with Crippen molar-refractivity contribution in [3.05, 3.63) is 33.8 Å². The van der Waals surface area contributed by atoms with Crippen LogP contribution < -0.4 is 5.32 Å². The van der Waals surface area contributed by atoms with E-state index in [2.05, 4.69) is 28.2 Å². The molecule has 4 heteroatoms. The molecule has 0 aromatic heterocycles. The van der Waals surface area contributed by atoms with E-state index < -0.39 is 0 Å². The van der Waals surface area contributed by atoms with E-state index >= 15 is 0 Å². The average Bonchev–Trinajstić information content (AvgIpc) is 2.37. The molecule has 0 atom stereocenters. The van der Waals surface area contributed by atoms with Gasteiger partial charge in [-0.05, 0) is 30.2 Å². The lowest BCUT2D eigenvalue weighted by molar-refractivity contribution is 0.0952. The minimum absolute atomic E-state index is 0.0176. The molecule has 0 spiro atoms. The Morgan fingerprint density at radius 1 is 1.39 bits per heavy atom. The molecule has 0 unspecified atom stereocenters. The van der Waals surface area contributed by atoms with E-state index in [-0.39, 0.29) is 5.91 Å². The quantitative estimate of drug-likeness (QED) is 0.782. The van der Waals surface area contributed by atoms with Crippen molar-refractivity contribution in [1.29, 1.82) is 0 Å². The summed E-state index contributed by atoms with van der Waals surface area (Å²) < 4.78 is 6.06. The molecule has 0 aliphatic heterocycles. The molecule has 0 bridgehead atoms. The number of halogens is 1. The van der Waals surface area contributed by atoms with Gasteiger partial charge in [-0.2, -0.15) is 0 Å². The summed E-state index contributed by atoms with van der Waals surface area (Å²) in [7, 11) is 1.64. The summed E-state index contributed by atoms with van der Waals surface area (Å²) in [6.07, 6.45) is 3.34. The third kappa shape index (κ3) is 4.78. The van der Waals surface area contributed by atoms with Crippen molar-refractivity contribution < 1.29 is 9.53 Å². The molecule has 1 aromatic rings. The van der Waals surface area contributed by atoms with Gasteiger partial charge in [0.2, 0.25) is 0 Å². The topological polar surface area (TPSA) is 38.3 Å². The Kier molecular flexibility index (Phi) is 6.98. The third-order valence-electron chi connectivity index (χ3n) is 2.67. The molecule has 1 rings (SSSR count). The highest BCUT2D eigenvalue weighted by molar-refractivity contribution is 9.10. The predicted octanol–water partition coefficient (Wildman–Crippen LogP) is 3.52. The lowest BCUT2D eigenvalue weighted by Gasteiger charge is -2.08. The molecule has 0 heterocycles. The zero-order valence-corrected chi connectivity index (χ0v) is 12.5. The summed E-state index contributed by atoms with van der Waals surface area (Å²) in [5.74, 6) is -0.0176. The second kappa shape index (κ2) is 8.27. The van der Waals surface area contributed by atoms with Gasteiger partial charge in [-0.15, -0.1) is 0 Å². The molecule has 18 heavy (non-hydrogen) atoms. The fourth-order valence-corrected chi connectivity index (χ4v) is 2.02. The van der Waals surface area contributed by atoms with Crippen molar-refractivity contribution in [3.63, 3.8) is 0 Å². The van der Waals surface area contributed by atoms with E-state index in [0.717, 1.165) is 35.8 Å². The third-order valence-corrected chi connectivity index (χ3v) is 3.45. The fourth-order valence-electron chi connectivity index (χ4n) is 1.66. The number of amides is 1. The maximum atomic E-state index is 11.9. The van der Waals surface area contributed by atoms with E-state index in [1.54, 1.807) is 7.11 Å². The molecule has 100 valence electrons. The molecule has 1 N–H and O–H groups in total. The van der Waals surface area contributed by atoms with Gasteiger partial charge in [0.05, 0.1) is 6.61 Å². The molecular weight excluding hydrogens is 294 g/mol. The highest BCUT2D eigenvalue weighted by Gasteiger charge is 2.08. The largest absolute Gasteiger partial charge is 0.380 e. The summed E-state index contributed by atoms with van der Waals surface area (Å²) in [4.78, 5) is 11.9. The number of benzene rings is 1. The normalized spacial score (nSPS) is 10.4. The van der Waals surface area contributed by atoms with E-state index in [9.17, 15) is 4.79 Å². The second-order valence-electron chi connectivity index (χ2n) is 4.20. The Hall–Kier alpha value is -0.870. The van der Waals surface area contributed by atoms with Gasteiger partial charge in [0.1, 0.15) is 0 Å². The molecule has 0 saturated carbocycles. The van der Waals surface area contributed by atoms with Crippen molar-refractivity contribution in [2.45, 2.75) is 32.8 Å². The number of hydrogen-bond acceptors (Lipinski definition) is 2. The highest BCUT2D eigenvalue weighted by Crippen LogP contribution is 2.19. The minimum Gasteiger partial charge on any atom is -0.380 e. The molecular formula is C14H20BrNO2.